The topological polar surface area (TPSA) is 65.1 Å². The summed E-state index contributed by atoms with van der Waals surface area (Å²) in [5.74, 6) is 1.32. The highest BCUT2D eigenvalue weighted by Crippen LogP contribution is 2.37. The number of hydrogen-bond acceptors (Lipinski definition) is 4. The van der Waals surface area contributed by atoms with Gasteiger partial charge >= 0.3 is 6.03 Å². The van der Waals surface area contributed by atoms with Gasteiger partial charge in [0.05, 0.1) is 23.9 Å². The molecule has 2 aliphatic heterocycles. The summed E-state index contributed by atoms with van der Waals surface area (Å²) in [6, 6.07) is 16.3. The van der Waals surface area contributed by atoms with Crippen molar-refractivity contribution in [3.63, 3.8) is 0 Å². The van der Waals surface area contributed by atoms with Crippen LogP contribution >= 0.6 is 0 Å². The zero-order valence-electron chi connectivity index (χ0n) is 18.5. The highest BCUT2D eigenvalue weighted by Gasteiger charge is 2.43. The molecule has 0 aromatic heterocycles. The van der Waals surface area contributed by atoms with Gasteiger partial charge in [-0.05, 0) is 43.9 Å². The van der Waals surface area contributed by atoms with Crippen molar-refractivity contribution in [2.24, 2.45) is 0 Å². The monoisotopic (exact) mass is 432 g/mol. The van der Waals surface area contributed by atoms with Crippen LogP contribution in [0.15, 0.2) is 78.5 Å². The Kier molecular flexibility index (Phi) is 6.28. The molecular weight excluding hydrogens is 404 g/mol. The van der Waals surface area contributed by atoms with E-state index in [9.17, 15) is 9.59 Å². The summed E-state index contributed by atoms with van der Waals surface area (Å²) >= 11 is 0. The maximum absolute atomic E-state index is 13.4. The Hall–Kier alpha value is -3.58. The highest BCUT2D eigenvalue weighted by atomic mass is 16.5. The molecule has 0 aliphatic carbocycles. The molecule has 7 heteroatoms. The van der Waals surface area contributed by atoms with Crippen molar-refractivity contribution in [1.82, 2.24) is 20.0 Å². The molecule has 2 aliphatic rings. The molecule has 0 fully saturated rings. The Labute approximate surface area is 188 Å². The lowest BCUT2D eigenvalue weighted by Crippen LogP contribution is -2.47. The van der Waals surface area contributed by atoms with Crippen LogP contribution in [-0.2, 0) is 4.79 Å². The van der Waals surface area contributed by atoms with E-state index in [2.05, 4.69) is 11.9 Å². The van der Waals surface area contributed by atoms with Gasteiger partial charge in [0.2, 0.25) is 0 Å². The molecule has 32 heavy (non-hydrogen) atoms. The number of ether oxygens (including phenoxy) is 1. The van der Waals surface area contributed by atoms with Gasteiger partial charge < -0.3 is 19.9 Å². The molecule has 1 unspecified atom stereocenters. The lowest BCUT2D eigenvalue weighted by atomic mass is 9.95. The van der Waals surface area contributed by atoms with Gasteiger partial charge in [-0.1, -0.05) is 36.4 Å². The van der Waals surface area contributed by atoms with Crippen molar-refractivity contribution in [1.29, 1.82) is 0 Å². The van der Waals surface area contributed by atoms with Crippen LogP contribution in [0.4, 0.5) is 4.79 Å². The molecule has 0 radical (unpaired) electrons. The van der Waals surface area contributed by atoms with Crippen molar-refractivity contribution in [3.8, 4) is 11.5 Å². The quantitative estimate of drug-likeness (QED) is 0.650. The molecule has 3 amide bonds. The fourth-order valence-electron chi connectivity index (χ4n) is 4.00. The molecule has 2 aromatic carbocycles. The van der Waals surface area contributed by atoms with Gasteiger partial charge in [0.25, 0.3) is 5.91 Å². The van der Waals surface area contributed by atoms with Crippen molar-refractivity contribution >= 4 is 11.9 Å². The van der Waals surface area contributed by atoms with Gasteiger partial charge in [-0.25, -0.2) is 4.79 Å². The first kappa shape index (κ1) is 21.6. The van der Waals surface area contributed by atoms with E-state index >= 15 is 0 Å². The first-order chi connectivity index (χ1) is 15.5. The van der Waals surface area contributed by atoms with Crippen LogP contribution in [0.3, 0.4) is 0 Å². The average Bonchev–Trinajstić information content (AvgIpc) is 3.11. The molecule has 0 saturated heterocycles. The molecule has 7 nitrogen and oxygen atoms in total. The van der Waals surface area contributed by atoms with Crippen LogP contribution in [0.5, 0.6) is 11.5 Å². The second kappa shape index (κ2) is 9.28. The molecule has 0 spiro atoms. The number of likely N-dealkylation sites (N-methyl/N-ethyl adjacent to an activating group) is 1. The molecule has 1 atom stereocenters. The van der Waals surface area contributed by atoms with E-state index in [-0.39, 0.29) is 11.9 Å². The van der Waals surface area contributed by atoms with Crippen molar-refractivity contribution in [3.05, 3.63) is 84.1 Å². The number of urea groups is 1. The number of amides is 3. The molecule has 2 aromatic rings. The normalized spacial score (nSPS) is 18.2. The lowest BCUT2D eigenvalue weighted by molar-refractivity contribution is -0.125. The SMILES string of the molecule is C=CCN1C(=O)NC(c2cccc(Oc3ccccc3)c2)C2=C1CN(CCN(C)C)C2=O. The number of nitrogens with one attached hydrogen (secondary N) is 1. The molecule has 2 heterocycles. The van der Waals surface area contributed by atoms with E-state index in [0.29, 0.717) is 31.0 Å². The number of benzene rings is 2. The Balaban J connectivity index is 1.66. The van der Waals surface area contributed by atoms with Gasteiger partial charge in [-0.3, -0.25) is 9.69 Å². The average molecular weight is 433 g/mol. The molecule has 4 rings (SSSR count). The zero-order chi connectivity index (χ0) is 22.7. The third kappa shape index (κ3) is 4.38. The van der Waals surface area contributed by atoms with Crippen LogP contribution < -0.4 is 10.1 Å². The first-order valence-electron chi connectivity index (χ1n) is 10.7. The summed E-state index contributed by atoms with van der Waals surface area (Å²) in [5.41, 5.74) is 2.17. The minimum absolute atomic E-state index is 0.0460. The molecule has 166 valence electrons. The minimum atomic E-state index is -0.533. The highest BCUT2D eigenvalue weighted by molar-refractivity contribution is 6.01. The van der Waals surface area contributed by atoms with Gasteiger partial charge in [0.15, 0.2) is 0 Å². The zero-order valence-corrected chi connectivity index (χ0v) is 18.5. The fraction of sp³-hybridized carbons (Fsp3) is 0.280. The van der Waals surface area contributed by atoms with Crippen molar-refractivity contribution in [2.75, 3.05) is 40.3 Å². The number of hydrogen-bond donors (Lipinski definition) is 1. The maximum atomic E-state index is 13.4. The van der Waals surface area contributed by atoms with Crippen LogP contribution in [0, 0.1) is 0 Å². The molecular formula is C25H28N4O3. The predicted octanol–water partition coefficient (Wildman–Crippen LogP) is 3.39. The molecule has 1 N–H and O–H groups in total. The molecule has 0 saturated carbocycles. The van der Waals surface area contributed by atoms with Crippen LogP contribution in [0.25, 0.3) is 0 Å². The van der Waals surface area contributed by atoms with Gasteiger partial charge in [-0.15, -0.1) is 6.58 Å². The van der Waals surface area contributed by atoms with Gasteiger partial charge in [0.1, 0.15) is 11.5 Å². The first-order valence-corrected chi connectivity index (χ1v) is 10.7. The second-order valence-electron chi connectivity index (χ2n) is 8.16. The van der Waals surface area contributed by atoms with E-state index < -0.39 is 6.04 Å². The number of rotatable bonds is 8. The minimum Gasteiger partial charge on any atom is -0.457 e. The maximum Gasteiger partial charge on any atom is 0.322 e. The smallest absolute Gasteiger partial charge is 0.322 e. The summed E-state index contributed by atoms with van der Waals surface area (Å²) in [4.78, 5) is 31.8. The van der Waals surface area contributed by atoms with Crippen LogP contribution in [0.2, 0.25) is 0 Å². The van der Waals surface area contributed by atoms with E-state index in [0.717, 1.165) is 23.6 Å². The Morgan fingerprint density at radius 1 is 1.12 bits per heavy atom. The number of nitrogens with zero attached hydrogens (tertiary/aromatic N) is 3. The summed E-state index contributed by atoms with van der Waals surface area (Å²) in [6.45, 7) is 5.88. The number of para-hydroxylation sites is 1. The number of carbonyl (C=O) groups is 2. The Bertz CT molecular complexity index is 1050. The largest absolute Gasteiger partial charge is 0.457 e. The summed E-state index contributed by atoms with van der Waals surface area (Å²) < 4.78 is 5.97. The van der Waals surface area contributed by atoms with E-state index in [1.807, 2.05) is 73.6 Å². The third-order valence-electron chi connectivity index (χ3n) is 5.60. The summed E-state index contributed by atoms with van der Waals surface area (Å²) in [6.07, 6.45) is 1.67. The third-order valence-corrected chi connectivity index (χ3v) is 5.60. The van der Waals surface area contributed by atoms with Gasteiger partial charge in [-0.2, -0.15) is 0 Å². The van der Waals surface area contributed by atoms with E-state index in [1.165, 1.54) is 0 Å². The summed E-state index contributed by atoms with van der Waals surface area (Å²) in [7, 11) is 3.95. The van der Waals surface area contributed by atoms with Crippen LogP contribution in [0.1, 0.15) is 11.6 Å². The van der Waals surface area contributed by atoms with Gasteiger partial charge in [0, 0.05) is 19.6 Å². The predicted molar refractivity (Wildman–Crippen MR) is 123 cm³/mol. The Morgan fingerprint density at radius 3 is 2.59 bits per heavy atom. The lowest BCUT2D eigenvalue weighted by Gasteiger charge is -2.33. The van der Waals surface area contributed by atoms with Crippen LogP contribution in [-0.4, -0.2) is 66.9 Å². The number of carbonyl (C=O) groups excluding carboxylic acids is 2. The summed E-state index contributed by atoms with van der Waals surface area (Å²) in [5, 5.41) is 3.01. The van der Waals surface area contributed by atoms with E-state index in [4.69, 9.17) is 4.74 Å². The Morgan fingerprint density at radius 2 is 1.88 bits per heavy atom. The standard InChI is InChI=1S/C25H28N4O3/c1-4-13-29-21-17-28(15-14-27(2)3)24(30)22(21)23(26-25(29)31)18-9-8-12-20(16-18)32-19-10-6-5-7-11-19/h4-12,16,23H,1,13-15,17H2,2-3H3,(H,26,31). The molecule has 0 bridgehead atoms. The van der Waals surface area contributed by atoms with E-state index in [1.54, 1.807) is 15.9 Å². The van der Waals surface area contributed by atoms with Crippen molar-refractivity contribution in [2.45, 2.75) is 6.04 Å². The van der Waals surface area contributed by atoms with Crippen molar-refractivity contribution < 1.29 is 14.3 Å². The fourth-order valence-corrected chi connectivity index (χ4v) is 4.00. The second-order valence-corrected chi connectivity index (χ2v) is 8.16.